The fourth-order valence-electron chi connectivity index (χ4n) is 3.07. The number of fused-ring (bicyclic) bond motifs is 1. The first-order valence-corrected chi connectivity index (χ1v) is 7.89. The molecule has 25 heavy (non-hydrogen) atoms. The first-order chi connectivity index (χ1) is 12.2. The number of hydrogen-bond donors (Lipinski definition) is 3. The van der Waals surface area contributed by atoms with Crippen molar-refractivity contribution >= 4 is 28.8 Å². The van der Waals surface area contributed by atoms with Gasteiger partial charge in [0.25, 0.3) is 0 Å². The number of carbonyl (C=O) groups excluding carboxylic acids is 1. The maximum Gasteiger partial charge on any atom is 0.315 e. The molecule has 3 aromatic carbocycles. The average molecular weight is 334 g/mol. The number of amides is 1. The van der Waals surface area contributed by atoms with Crippen molar-refractivity contribution < 1.29 is 14.7 Å². The molecule has 0 aliphatic heterocycles. The maximum atomic E-state index is 12.1. The minimum absolute atomic E-state index is 0.393. The van der Waals surface area contributed by atoms with Gasteiger partial charge in [-0.15, -0.1) is 0 Å². The minimum Gasteiger partial charge on any atom is -0.481 e. The number of benzene rings is 3. The molecule has 0 saturated carbocycles. The Morgan fingerprint density at radius 1 is 1.08 bits per heavy atom. The largest absolute Gasteiger partial charge is 0.481 e. The van der Waals surface area contributed by atoms with Gasteiger partial charge in [-0.3, -0.25) is 9.59 Å². The highest BCUT2D eigenvalue weighted by molar-refractivity contribution is 5.98. The molecule has 0 bridgehead atoms. The normalized spacial score (nSPS) is 11.9. The van der Waals surface area contributed by atoms with E-state index in [1.807, 2.05) is 42.5 Å². The van der Waals surface area contributed by atoms with E-state index in [9.17, 15) is 14.7 Å². The van der Waals surface area contributed by atoms with E-state index in [0.717, 1.165) is 16.3 Å². The molecule has 3 rings (SSSR count). The van der Waals surface area contributed by atoms with Crippen molar-refractivity contribution in [3.8, 4) is 0 Å². The Balaban J connectivity index is 2.26. The van der Waals surface area contributed by atoms with E-state index in [1.165, 1.54) is 0 Å². The van der Waals surface area contributed by atoms with Crippen LogP contribution in [0.25, 0.3) is 10.8 Å². The summed E-state index contributed by atoms with van der Waals surface area (Å²) in [6.45, 7) is 0.393. The van der Waals surface area contributed by atoms with E-state index in [0.29, 0.717) is 29.8 Å². The second kappa shape index (κ2) is 7.15. The van der Waals surface area contributed by atoms with Crippen LogP contribution in [0.15, 0.2) is 60.7 Å². The highest BCUT2D eigenvalue weighted by Gasteiger charge is 2.27. The SMILES string of the molecule is NCc1ccc(C(C(=O)O)c2c(NC=O)ccc3ccccc23)cc1. The molecule has 126 valence electrons. The summed E-state index contributed by atoms with van der Waals surface area (Å²) >= 11 is 0. The Hall–Kier alpha value is -3.18. The van der Waals surface area contributed by atoms with Gasteiger partial charge in [-0.05, 0) is 28.0 Å². The van der Waals surface area contributed by atoms with Crippen molar-refractivity contribution in [3.05, 3.63) is 77.4 Å². The quantitative estimate of drug-likeness (QED) is 0.604. The lowest BCUT2D eigenvalue weighted by Crippen LogP contribution is -2.16. The molecule has 4 N–H and O–H groups in total. The molecule has 0 fully saturated rings. The van der Waals surface area contributed by atoms with Gasteiger partial charge in [-0.25, -0.2) is 0 Å². The van der Waals surface area contributed by atoms with Gasteiger partial charge in [0.1, 0.15) is 5.92 Å². The average Bonchev–Trinajstić information content (AvgIpc) is 2.64. The van der Waals surface area contributed by atoms with Gasteiger partial charge in [-0.1, -0.05) is 54.6 Å². The maximum absolute atomic E-state index is 12.1. The number of nitrogens with one attached hydrogen (secondary N) is 1. The van der Waals surface area contributed by atoms with Crippen LogP contribution in [-0.2, 0) is 16.1 Å². The Kier molecular flexibility index (Phi) is 4.77. The Bertz CT molecular complexity index is 920. The zero-order chi connectivity index (χ0) is 17.8. The van der Waals surface area contributed by atoms with Crippen LogP contribution < -0.4 is 11.1 Å². The smallest absolute Gasteiger partial charge is 0.315 e. The number of aliphatic carboxylic acids is 1. The predicted molar refractivity (Wildman–Crippen MR) is 97.4 cm³/mol. The highest BCUT2D eigenvalue weighted by Crippen LogP contribution is 2.36. The Labute approximate surface area is 145 Å². The van der Waals surface area contributed by atoms with Gasteiger partial charge in [0.2, 0.25) is 6.41 Å². The molecule has 0 heterocycles. The predicted octanol–water partition coefficient (Wildman–Crippen LogP) is 3.08. The fourth-order valence-corrected chi connectivity index (χ4v) is 3.07. The van der Waals surface area contributed by atoms with Crippen LogP contribution in [0, 0.1) is 0 Å². The van der Waals surface area contributed by atoms with Crippen LogP contribution in [-0.4, -0.2) is 17.5 Å². The zero-order valence-corrected chi connectivity index (χ0v) is 13.5. The monoisotopic (exact) mass is 334 g/mol. The molecular formula is C20H18N2O3. The van der Waals surface area contributed by atoms with Crippen molar-refractivity contribution in [3.63, 3.8) is 0 Å². The first-order valence-electron chi connectivity index (χ1n) is 7.89. The number of anilines is 1. The summed E-state index contributed by atoms with van der Waals surface area (Å²) in [4.78, 5) is 23.1. The van der Waals surface area contributed by atoms with E-state index in [-0.39, 0.29) is 0 Å². The second-order valence-corrected chi connectivity index (χ2v) is 5.73. The van der Waals surface area contributed by atoms with E-state index >= 15 is 0 Å². The second-order valence-electron chi connectivity index (χ2n) is 5.73. The number of carboxylic acids is 1. The molecule has 1 atom stereocenters. The summed E-state index contributed by atoms with van der Waals surface area (Å²) < 4.78 is 0. The highest BCUT2D eigenvalue weighted by atomic mass is 16.4. The molecule has 0 radical (unpaired) electrons. The number of carbonyl (C=O) groups is 2. The van der Waals surface area contributed by atoms with Crippen LogP contribution >= 0.6 is 0 Å². The summed E-state index contributed by atoms with van der Waals surface area (Å²) in [5.41, 5.74) is 8.24. The van der Waals surface area contributed by atoms with E-state index in [1.54, 1.807) is 18.2 Å². The van der Waals surface area contributed by atoms with E-state index < -0.39 is 11.9 Å². The lowest BCUT2D eigenvalue weighted by Gasteiger charge is -2.20. The van der Waals surface area contributed by atoms with Gasteiger partial charge in [0, 0.05) is 17.8 Å². The molecule has 0 aliphatic carbocycles. The molecule has 1 unspecified atom stereocenters. The Morgan fingerprint density at radius 3 is 2.44 bits per heavy atom. The molecule has 5 nitrogen and oxygen atoms in total. The summed E-state index contributed by atoms with van der Waals surface area (Å²) in [5, 5.41) is 14.3. The molecule has 0 spiro atoms. The molecule has 5 heteroatoms. The van der Waals surface area contributed by atoms with Gasteiger partial charge in [-0.2, -0.15) is 0 Å². The van der Waals surface area contributed by atoms with Crippen molar-refractivity contribution in [2.45, 2.75) is 12.5 Å². The van der Waals surface area contributed by atoms with Crippen LogP contribution in [0.2, 0.25) is 0 Å². The van der Waals surface area contributed by atoms with Crippen molar-refractivity contribution in [1.82, 2.24) is 0 Å². The van der Waals surface area contributed by atoms with Crippen LogP contribution in [0.5, 0.6) is 0 Å². The van der Waals surface area contributed by atoms with Crippen molar-refractivity contribution in [1.29, 1.82) is 0 Å². The van der Waals surface area contributed by atoms with Gasteiger partial charge < -0.3 is 16.2 Å². The molecule has 0 aromatic heterocycles. The number of carboxylic acid groups (broad SMARTS) is 1. The molecular weight excluding hydrogens is 316 g/mol. The minimum atomic E-state index is -0.981. The molecule has 0 saturated heterocycles. The summed E-state index contributed by atoms with van der Waals surface area (Å²) in [6.07, 6.45) is 0.560. The third-order valence-corrected chi connectivity index (χ3v) is 4.27. The molecule has 0 aliphatic rings. The lowest BCUT2D eigenvalue weighted by molar-refractivity contribution is -0.137. The summed E-state index contributed by atoms with van der Waals surface area (Å²) in [6, 6.07) is 18.3. The number of nitrogens with two attached hydrogens (primary N) is 1. The Morgan fingerprint density at radius 2 is 1.80 bits per heavy atom. The first kappa shape index (κ1) is 16.7. The van der Waals surface area contributed by atoms with Crippen LogP contribution in [0.3, 0.4) is 0 Å². The number of hydrogen-bond acceptors (Lipinski definition) is 3. The fraction of sp³-hybridized carbons (Fsp3) is 0.100. The van der Waals surface area contributed by atoms with Crippen LogP contribution in [0.4, 0.5) is 5.69 Å². The van der Waals surface area contributed by atoms with Crippen molar-refractivity contribution in [2.24, 2.45) is 5.73 Å². The molecule has 1 amide bonds. The third-order valence-electron chi connectivity index (χ3n) is 4.27. The standard InChI is InChI=1S/C20H18N2O3/c21-11-13-5-7-15(8-6-13)18(20(24)25)19-16-4-2-1-3-14(16)9-10-17(19)22-12-23/h1-10,12,18H,11,21H2,(H,22,23)(H,24,25). The lowest BCUT2D eigenvalue weighted by atomic mass is 9.86. The molecule has 3 aromatic rings. The zero-order valence-electron chi connectivity index (χ0n) is 13.5. The van der Waals surface area contributed by atoms with Crippen molar-refractivity contribution in [2.75, 3.05) is 5.32 Å². The van der Waals surface area contributed by atoms with E-state index in [4.69, 9.17) is 5.73 Å². The summed E-state index contributed by atoms with van der Waals surface area (Å²) in [5.74, 6) is -1.88. The van der Waals surface area contributed by atoms with Gasteiger partial charge in [0.15, 0.2) is 0 Å². The topological polar surface area (TPSA) is 92.4 Å². The van der Waals surface area contributed by atoms with Gasteiger partial charge >= 0.3 is 5.97 Å². The summed E-state index contributed by atoms with van der Waals surface area (Å²) in [7, 11) is 0. The number of rotatable bonds is 6. The van der Waals surface area contributed by atoms with E-state index in [2.05, 4.69) is 5.32 Å². The van der Waals surface area contributed by atoms with Gasteiger partial charge in [0.05, 0.1) is 0 Å². The third kappa shape index (κ3) is 3.22. The van der Waals surface area contributed by atoms with Crippen LogP contribution in [0.1, 0.15) is 22.6 Å².